The lowest BCUT2D eigenvalue weighted by atomic mass is 10.1. The number of hydrogen-bond acceptors (Lipinski definition) is 7. The Kier molecular flexibility index (Phi) is 6.85. The smallest absolute Gasteiger partial charge is 0.374 e. The minimum absolute atomic E-state index is 0.0499. The molecule has 2 amide bonds. The van der Waals surface area contributed by atoms with Gasteiger partial charge in [0.05, 0.1) is 11.5 Å². The molecule has 0 aliphatic rings. The molecule has 0 aliphatic heterocycles. The van der Waals surface area contributed by atoms with E-state index < -0.39 is 23.4 Å². The molecule has 0 radical (unpaired) electrons. The second-order valence-electron chi connectivity index (χ2n) is 6.04. The number of ether oxygens (including phenoxy) is 1. The zero-order valence-electron chi connectivity index (χ0n) is 15.3. The van der Waals surface area contributed by atoms with Crippen LogP contribution in [0.5, 0.6) is 0 Å². The molecule has 2 N–H and O–H groups in total. The summed E-state index contributed by atoms with van der Waals surface area (Å²) < 4.78 is 10.2. The van der Waals surface area contributed by atoms with Crippen LogP contribution in [0.4, 0.5) is 5.69 Å². The van der Waals surface area contributed by atoms with Crippen LogP contribution in [0, 0.1) is 10.1 Å². The minimum atomic E-state index is -0.852. The van der Waals surface area contributed by atoms with Crippen molar-refractivity contribution in [3.05, 3.63) is 52.3 Å². The predicted octanol–water partition coefficient (Wildman–Crippen LogP) is 1.65. The van der Waals surface area contributed by atoms with E-state index in [4.69, 9.17) is 9.15 Å². The number of furan rings is 1. The van der Waals surface area contributed by atoms with Crippen LogP contribution in [0.1, 0.15) is 24.4 Å². The van der Waals surface area contributed by atoms with Crippen LogP contribution in [-0.4, -0.2) is 41.9 Å². The standard InChI is InChI=1S/C18H19N3O7/c1-11(2)20-16(22)9-19-17(23)10-27-18(24)15-8-7-14(28-15)12-3-5-13(6-4-12)21(25)26/h3-8,11H,9-10H2,1-2H3,(H,19,23)(H,20,22). The summed E-state index contributed by atoms with van der Waals surface area (Å²) in [5.74, 6) is -1.65. The van der Waals surface area contributed by atoms with Crippen LogP contribution < -0.4 is 10.6 Å². The van der Waals surface area contributed by atoms with Crippen LogP contribution in [0.3, 0.4) is 0 Å². The molecule has 0 bridgehead atoms. The fourth-order valence-electron chi connectivity index (χ4n) is 2.16. The Hall–Kier alpha value is -3.69. The molecule has 2 aromatic rings. The molecule has 0 saturated carbocycles. The van der Waals surface area contributed by atoms with Crippen molar-refractivity contribution in [3.63, 3.8) is 0 Å². The number of esters is 1. The Morgan fingerprint density at radius 1 is 1.11 bits per heavy atom. The van der Waals surface area contributed by atoms with Crippen LogP contribution in [0.25, 0.3) is 11.3 Å². The van der Waals surface area contributed by atoms with Gasteiger partial charge in [-0.15, -0.1) is 0 Å². The van der Waals surface area contributed by atoms with Gasteiger partial charge in [-0.25, -0.2) is 4.79 Å². The van der Waals surface area contributed by atoms with Gasteiger partial charge in [-0.2, -0.15) is 0 Å². The van der Waals surface area contributed by atoms with E-state index in [1.807, 2.05) is 0 Å². The van der Waals surface area contributed by atoms with Crippen molar-refractivity contribution in [2.45, 2.75) is 19.9 Å². The first kappa shape index (κ1) is 20.6. The van der Waals surface area contributed by atoms with Gasteiger partial charge in [0.15, 0.2) is 6.61 Å². The number of carbonyl (C=O) groups excluding carboxylic acids is 3. The molecule has 2 rings (SSSR count). The maximum Gasteiger partial charge on any atom is 0.374 e. The summed E-state index contributed by atoms with van der Waals surface area (Å²) in [7, 11) is 0. The number of rotatable bonds is 8. The lowest BCUT2D eigenvalue weighted by Gasteiger charge is -2.09. The van der Waals surface area contributed by atoms with E-state index in [0.29, 0.717) is 11.3 Å². The Labute approximate surface area is 160 Å². The van der Waals surface area contributed by atoms with Gasteiger partial charge in [-0.1, -0.05) is 0 Å². The summed E-state index contributed by atoms with van der Waals surface area (Å²) in [5, 5.41) is 15.6. The largest absolute Gasteiger partial charge is 0.450 e. The lowest BCUT2D eigenvalue weighted by molar-refractivity contribution is -0.384. The fraction of sp³-hybridized carbons (Fsp3) is 0.278. The van der Waals surface area contributed by atoms with Crippen molar-refractivity contribution in [1.29, 1.82) is 0 Å². The molecule has 0 fully saturated rings. The maximum atomic E-state index is 12.0. The number of non-ortho nitro benzene ring substituents is 1. The zero-order valence-corrected chi connectivity index (χ0v) is 15.3. The van der Waals surface area contributed by atoms with Gasteiger partial charge in [-0.3, -0.25) is 19.7 Å². The Bertz CT molecular complexity index is 872. The molecule has 1 aromatic carbocycles. The van der Waals surface area contributed by atoms with E-state index in [1.165, 1.54) is 36.4 Å². The number of hydrogen-bond donors (Lipinski definition) is 2. The van der Waals surface area contributed by atoms with E-state index >= 15 is 0 Å². The summed E-state index contributed by atoms with van der Waals surface area (Å²) in [5.41, 5.74) is 0.474. The molecule has 10 heteroatoms. The van der Waals surface area contributed by atoms with E-state index in [2.05, 4.69) is 10.6 Å². The first-order chi connectivity index (χ1) is 13.3. The summed E-state index contributed by atoms with van der Waals surface area (Å²) in [6.45, 7) is 2.78. The van der Waals surface area contributed by atoms with Crippen LogP contribution >= 0.6 is 0 Å². The molecule has 0 atom stereocenters. The Balaban J connectivity index is 1.86. The minimum Gasteiger partial charge on any atom is -0.450 e. The number of nitrogens with one attached hydrogen (secondary N) is 2. The molecule has 0 unspecified atom stereocenters. The Morgan fingerprint density at radius 3 is 2.39 bits per heavy atom. The van der Waals surface area contributed by atoms with Crippen molar-refractivity contribution in [2.75, 3.05) is 13.2 Å². The monoisotopic (exact) mass is 389 g/mol. The normalized spacial score (nSPS) is 10.4. The summed E-state index contributed by atoms with van der Waals surface area (Å²) in [4.78, 5) is 45.2. The lowest BCUT2D eigenvalue weighted by Crippen LogP contribution is -2.41. The van der Waals surface area contributed by atoms with E-state index in [0.717, 1.165) is 0 Å². The molecule has 10 nitrogen and oxygen atoms in total. The Morgan fingerprint density at radius 2 is 1.79 bits per heavy atom. The van der Waals surface area contributed by atoms with E-state index in [9.17, 15) is 24.5 Å². The summed E-state index contributed by atoms with van der Waals surface area (Å²) in [6, 6.07) is 8.43. The quantitative estimate of drug-likeness (QED) is 0.397. The van der Waals surface area contributed by atoms with Crippen LogP contribution in [0.15, 0.2) is 40.8 Å². The maximum absolute atomic E-state index is 12.0. The first-order valence-electron chi connectivity index (χ1n) is 8.34. The third kappa shape index (κ3) is 5.94. The van der Waals surface area contributed by atoms with Gasteiger partial charge in [-0.05, 0) is 38.1 Å². The third-order valence-corrected chi connectivity index (χ3v) is 3.40. The molecule has 0 aliphatic carbocycles. The van der Waals surface area contributed by atoms with Gasteiger partial charge in [0.1, 0.15) is 5.76 Å². The highest BCUT2D eigenvalue weighted by molar-refractivity contribution is 5.90. The molecule has 148 valence electrons. The van der Waals surface area contributed by atoms with Gasteiger partial charge in [0, 0.05) is 23.7 Å². The van der Waals surface area contributed by atoms with Crippen molar-refractivity contribution >= 4 is 23.5 Å². The van der Waals surface area contributed by atoms with Gasteiger partial charge < -0.3 is 19.8 Å². The van der Waals surface area contributed by atoms with Gasteiger partial charge in [0.25, 0.3) is 11.6 Å². The van der Waals surface area contributed by atoms with E-state index in [1.54, 1.807) is 13.8 Å². The van der Waals surface area contributed by atoms with Crippen molar-refractivity contribution in [1.82, 2.24) is 10.6 Å². The highest BCUT2D eigenvalue weighted by atomic mass is 16.6. The van der Waals surface area contributed by atoms with Crippen molar-refractivity contribution in [2.24, 2.45) is 0 Å². The van der Waals surface area contributed by atoms with Crippen LogP contribution in [-0.2, 0) is 14.3 Å². The average Bonchev–Trinajstić information content (AvgIpc) is 3.14. The van der Waals surface area contributed by atoms with Crippen molar-refractivity contribution < 1.29 is 28.5 Å². The second-order valence-corrected chi connectivity index (χ2v) is 6.04. The average molecular weight is 389 g/mol. The third-order valence-electron chi connectivity index (χ3n) is 3.40. The summed E-state index contributed by atoms with van der Waals surface area (Å²) >= 11 is 0. The number of nitrogens with zero attached hydrogens (tertiary/aromatic N) is 1. The van der Waals surface area contributed by atoms with E-state index in [-0.39, 0.29) is 29.9 Å². The number of carbonyl (C=O) groups is 3. The zero-order chi connectivity index (χ0) is 20.7. The molecular weight excluding hydrogens is 370 g/mol. The first-order valence-corrected chi connectivity index (χ1v) is 8.34. The summed E-state index contributed by atoms with van der Waals surface area (Å²) in [6.07, 6.45) is 0. The topological polar surface area (TPSA) is 141 Å². The molecular formula is C18H19N3O7. The molecule has 1 heterocycles. The predicted molar refractivity (Wildman–Crippen MR) is 97.4 cm³/mol. The van der Waals surface area contributed by atoms with Gasteiger partial charge in [0.2, 0.25) is 11.7 Å². The molecule has 1 aromatic heterocycles. The van der Waals surface area contributed by atoms with Gasteiger partial charge >= 0.3 is 5.97 Å². The second kappa shape index (κ2) is 9.31. The SMILES string of the molecule is CC(C)NC(=O)CNC(=O)COC(=O)c1ccc(-c2ccc([N+](=O)[O-])cc2)o1. The number of nitro groups is 1. The molecule has 0 saturated heterocycles. The van der Waals surface area contributed by atoms with Crippen molar-refractivity contribution in [3.8, 4) is 11.3 Å². The number of amides is 2. The number of benzene rings is 1. The van der Waals surface area contributed by atoms with Crippen LogP contribution in [0.2, 0.25) is 0 Å². The molecule has 28 heavy (non-hydrogen) atoms. The highest BCUT2D eigenvalue weighted by Gasteiger charge is 2.16. The highest BCUT2D eigenvalue weighted by Crippen LogP contribution is 2.24. The number of nitro benzene ring substituents is 1. The molecule has 0 spiro atoms. The fourth-order valence-corrected chi connectivity index (χ4v) is 2.16.